The molecular formula is C23H23F3N4O3S2. The van der Waals surface area contributed by atoms with E-state index in [-0.39, 0.29) is 34.3 Å². The number of benzene rings is 2. The number of hydrogen-bond acceptors (Lipinski definition) is 7. The number of sulfonamides is 1. The van der Waals surface area contributed by atoms with Crippen LogP contribution in [-0.2, 0) is 10.0 Å². The van der Waals surface area contributed by atoms with Gasteiger partial charge in [0.1, 0.15) is 17.9 Å². The molecule has 1 aromatic heterocycles. The molecule has 186 valence electrons. The molecule has 35 heavy (non-hydrogen) atoms. The van der Waals surface area contributed by atoms with Crippen molar-refractivity contribution in [2.24, 2.45) is 5.92 Å². The number of fused-ring (bicyclic) bond motifs is 1. The predicted molar refractivity (Wildman–Crippen MR) is 125 cm³/mol. The van der Waals surface area contributed by atoms with Crippen LogP contribution >= 0.6 is 11.5 Å². The van der Waals surface area contributed by atoms with Crippen molar-refractivity contribution in [2.75, 3.05) is 17.9 Å². The van der Waals surface area contributed by atoms with Crippen LogP contribution in [0.15, 0.2) is 53.7 Å². The van der Waals surface area contributed by atoms with Gasteiger partial charge in [-0.2, -0.15) is 4.37 Å². The first-order valence-electron chi connectivity index (χ1n) is 11.2. The summed E-state index contributed by atoms with van der Waals surface area (Å²) in [6, 6.07) is 10.2. The Balaban J connectivity index is 1.45. The van der Waals surface area contributed by atoms with Crippen molar-refractivity contribution in [3.05, 3.63) is 65.7 Å². The zero-order valence-electron chi connectivity index (χ0n) is 18.5. The molecule has 2 aliphatic rings. The highest BCUT2D eigenvalue weighted by atomic mass is 32.2. The van der Waals surface area contributed by atoms with Gasteiger partial charge in [-0.1, -0.05) is 18.2 Å². The molecule has 0 amide bonds. The maximum absolute atomic E-state index is 13.6. The third kappa shape index (κ3) is 5.00. The average Bonchev–Trinajstić information content (AvgIpc) is 3.36. The van der Waals surface area contributed by atoms with E-state index in [9.17, 15) is 21.6 Å². The van der Waals surface area contributed by atoms with Crippen LogP contribution in [0.25, 0.3) is 0 Å². The number of nitrogens with zero attached hydrogens (tertiary/aromatic N) is 3. The van der Waals surface area contributed by atoms with Gasteiger partial charge in [0.15, 0.2) is 0 Å². The molecule has 5 rings (SSSR count). The summed E-state index contributed by atoms with van der Waals surface area (Å²) in [6.07, 6.45) is 0.0706. The molecule has 1 saturated heterocycles. The molecule has 0 spiro atoms. The Labute approximate surface area is 205 Å². The van der Waals surface area contributed by atoms with Gasteiger partial charge in [0.25, 0.3) is 10.0 Å². The van der Waals surface area contributed by atoms with Crippen molar-refractivity contribution >= 4 is 26.7 Å². The maximum Gasteiger partial charge on any atom is 0.263 e. The van der Waals surface area contributed by atoms with Crippen LogP contribution in [0.4, 0.5) is 18.3 Å². The zero-order valence-corrected chi connectivity index (χ0v) is 20.1. The van der Waals surface area contributed by atoms with Gasteiger partial charge in [-0.15, -0.1) is 0 Å². The Morgan fingerprint density at radius 3 is 2.63 bits per heavy atom. The van der Waals surface area contributed by atoms with E-state index in [1.165, 1.54) is 30.6 Å². The SMILES string of the molecule is O=S(=O)(Nc1ncns1)c1ccc2c(c1)OCC[C@H]2N1CC[C@@H](C(F)F)CC1c1ccc(F)cc1. The van der Waals surface area contributed by atoms with Gasteiger partial charge in [-0.3, -0.25) is 9.62 Å². The van der Waals surface area contributed by atoms with Crippen LogP contribution in [0.2, 0.25) is 0 Å². The third-order valence-electron chi connectivity index (χ3n) is 6.58. The summed E-state index contributed by atoms with van der Waals surface area (Å²) in [7, 11) is -3.89. The molecule has 0 radical (unpaired) electrons. The van der Waals surface area contributed by atoms with Gasteiger partial charge < -0.3 is 4.74 Å². The number of ether oxygens (including phenoxy) is 1. The van der Waals surface area contributed by atoms with Crippen LogP contribution in [0.1, 0.15) is 42.5 Å². The number of anilines is 1. The van der Waals surface area contributed by atoms with Crippen LogP contribution in [-0.4, -0.2) is 42.3 Å². The molecule has 0 aliphatic carbocycles. The van der Waals surface area contributed by atoms with Crippen LogP contribution < -0.4 is 9.46 Å². The molecule has 12 heteroatoms. The lowest BCUT2D eigenvalue weighted by Gasteiger charge is -2.45. The van der Waals surface area contributed by atoms with Gasteiger partial charge in [0, 0.05) is 47.6 Å². The van der Waals surface area contributed by atoms with Gasteiger partial charge in [-0.25, -0.2) is 26.6 Å². The van der Waals surface area contributed by atoms with E-state index in [1.54, 1.807) is 18.2 Å². The summed E-state index contributed by atoms with van der Waals surface area (Å²) in [5, 5.41) is 0.158. The van der Waals surface area contributed by atoms with Crippen LogP contribution in [0.3, 0.4) is 0 Å². The lowest BCUT2D eigenvalue weighted by molar-refractivity contribution is -0.0134. The topological polar surface area (TPSA) is 84.4 Å². The number of halogens is 3. The van der Waals surface area contributed by atoms with Gasteiger partial charge in [0.2, 0.25) is 11.6 Å². The summed E-state index contributed by atoms with van der Waals surface area (Å²) in [4.78, 5) is 6.05. The number of likely N-dealkylation sites (tertiary alicyclic amines) is 1. The summed E-state index contributed by atoms with van der Waals surface area (Å²) in [5.41, 5.74) is 1.58. The normalized spacial score (nSPS) is 23.0. The lowest BCUT2D eigenvalue weighted by Crippen LogP contribution is -2.42. The Bertz CT molecular complexity index is 1270. The number of alkyl halides is 2. The standard InChI is InChI=1S/C23H23F3N4O3S2/c24-16-3-1-14(2-4-16)20-11-15(22(25)26)7-9-30(20)19-8-10-33-21-12-17(5-6-18(19)21)35(31,32)29-23-27-13-28-34-23/h1-6,12-13,15,19-20,22H,7-11H2,(H,27,28,29)/t15-,19-,20?/m1/s1. The monoisotopic (exact) mass is 524 g/mol. The Morgan fingerprint density at radius 1 is 1.11 bits per heavy atom. The second-order valence-corrected chi connectivity index (χ2v) is 11.1. The molecule has 3 aromatic rings. The summed E-state index contributed by atoms with van der Waals surface area (Å²) < 4.78 is 78.3. The van der Waals surface area contributed by atoms with E-state index >= 15 is 0 Å². The Morgan fingerprint density at radius 2 is 1.91 bits per heavy atom. The largest absolute Gasteiger partial charge is 0.493 e. The molecule has 2 aliphatic heterocycles. The molecule has 0 bridgehead atoms. The van der Waals surface area contributed by atoms with Crippen molar-refractivity contribution < 1.29 is 26.3 Å². The van der Waals surface area contributed by atoms with E-state index in [2.05, 4.69) is 19.0 Å². The van der Waals surface area contributed by atoms with Crippen molar-refractivity contribution in [1.29, 1.82) is 0 Å². The quantitative estimate of drug-likeness (QED) is 0.488. The van der Waals surface area contributed by atoms with E-state index in [4.69, 9.17) is 4.74 Å². The number of nitrogens with one attached hydrogen (secondary N) is 1. The molecular weight excluding hydrogens is 501 g/mol. The highest BCUT2D eigenvalue weighted by Gasteiger charge is 2.39. The second kappa shape index (κ2) is 9.75. The molecule has 7 nitrogen and oxygen atoms in total. The number of piperidine rings is 1. The predicted octanol–water partition coefficient (Wildman–Crippen LogP) is 5.02. The van der Waals surface area contributed by atoms with Gasteiger partial charge in [-0.05, 0) is 43.1 Å². The first kappa shape index (κ1) is 24.0. The second-order valence-electron chi connectivity index (χ2n) is 8.63. The Hall–Kier alpha value is -2.70. The minimum absolute atomic E-state index is 0.0265. The number of hydrogen-bond donors (Lipinski definition) is 1. The molecule has 2 aromatic carbocycles. The molecule has 1 N–H and O–H groups in total. The minimum Gasteiger partial charge on any atom is -0.493 e. The van der Waals surface area contributed by atoms with E-state index in [1.807, 2.05) is 0 Å². The van der Waals surface area contributed by atoms with Gasteiger partial charge >= 0.3 is 0 Å². The zero-order chi connectivity index (χ0) is 24.6. The average molecular weight is 525 g/mol. The fraction of sp³-hybridized carbons (Fsp3) is 0.391. The van der Waals surface area contributed by atoms with E-state index in [0.29, 0.717) is 31.7 Å². The molecule has 0 saturated carbocycles. The van der Waals surface area contributed by atoms with Crippen LogP contribution in [0.5, 0.6) is 5.75 Å². The summed E-state index contributed by atoms with van der Waals surface area (Å²) in [5.74, 6) is -0.677. The maximum atomic E-state index is 13.6. The van der Waals surface area contributed by atoms with Crippen LogP contribution in [0, 0.1) is 11.7 Å². The molecule has 1 unspecified atom stereocenters. The lowest BCUT2D eigenvalue weighted by atomic mass is 9.84. The smallest absolute Gasteiger partial charge is 0.263 e. The van der Waals surface area contributed by atoms with Gasteiger partial charge in [0.05, 0.1) is 11.5 Å². The number of rotatable bonds is 6. The minimum atomic E-state index is -3.89. The molecule has 3 atom stereocenters. The van der Waals surface area contributed by atoms with Crippen molar-refractivity contribution in [1.82, 2.24) is 14.3 Å². The third-order valence-corrected chi connectivity index (χ3v) is 8.63. The highest BCUT2D eigenvalue weighted by Crippen LogP contribution is 2.46. The van der Waals surface area contributed by atoms with Crippen molar-refractivity contribution in [2.45, 2.75) is 42.7 Å². The fourth-order valence-corrected chi connectivity index (χ4v) is 6.56. The van der Waals surface area contributed by atoms with Crippen molar-refractivity contribution in [3.8, 4) is 5.75 Å². The summed E-state index contributed by atoms with van der Waals surface area (Å²) >= 11 is 0.927. The first-order valence-corrected chi connectivity index (χ1v) is 13.4. The molecule has 1 fully saturated rings. The first-order chi connectivity index (χ1) is 16.8. The number of aromatic nitrogens is 2. The Kier molecular flexibility index (Phi) is 6.69. The van der Waals surface area contributed by atoms with E-state index < -0.39 is 22.4 Å². The molecule has 3 heterocycles. The highest BCUT2D eigenvalue weighted by molar-refractivity contribution is 7.93. The summed E-state index contributed by atoms with van der Waals surface area (Å²) in [6.45, 7) is 0.801. The van der Waals surface area contributed by atoms with Crippen molar-refractivity contribution in [3.63, 3.8) is 0 Å². The fourth-order valence-electron chi connectivity index (χ4n) is 4.88. The van der Waals surface area contributed by atoms with E-state index in [0.717, 1.165) is 22.7 Å².